The number of anilines is 2. The quantitative estimate of drug-likeness (QED) is 0.799. The third kappa shape index (κ3) is 4.04. The molecule has 1 heterocycles. The van der Waals surface area contributed by atoms with Crippen LogP contribution in [0.25, 0.3) is 6.08 Å². The van der Waals surface area contributed by atoms with Crippen molar-refractivity contribution in [2.24, 2.45) is 0 Å². The Balaban J connectivity index is 1.92. The maximum Gasteiger partial charge on any atom is 0.322 e. The molecule has 0 amide bonds. The zero-order valence-corrected chi connectivity index (χ0v) is 17.0. The maximum atomic E-state index is 13.2. The van der Waals surface area contributed by atoms with Crippen LogP contribution >= 0.6 is 0 Å². The summed E-state index contributed by atoms with van der Waals surface area (Å²) in [5, 5.41) is 11.6. The molecule has 0 saturated heterocycles. The first-order valence-electron chi connectivity index (χ1n) is 8.98. The normalized spacial score (nSPS) is 13.9. The van der Waals surface area contributed by atoms with Crippen molar-refractivity contribution in [1.29, 1.82) is 0 Å². The van der Waals surface area contributed by atoms with Gasteiger partial charge in [-0.1, -0.05) is 45.1 Å². The first-order valence-corrected chi connectivity index (χ1v) is 10.4. The largest absolute Gasteiger partial charge is 0.480 e. The van der Waals surface area contributed by atoms with Crippen LogP contribution in [-0.4, -0.2) is 32.6 Å². The summed E-state index contributed by atoms with van der Waals surface area (Å²) < 4.78 is 27.8. The Morgan fingerprint density at radius 3 is 2.43 bits per heavy atom. The van der Waals surface area contributed by atoms with E-state index in [1.165, 1.54) is 4.31 Å². The Morgan fingerprint density at radius 1 is 1.14 bits per heavy atom. The highest BCUT2D eigenvalue weighted by Crippen LogP contribution is 2.33. The summed E-state index contributed by atoms with van der Waals surface area (Å²) >= 11 is 0. The van der Waals surface area contributed by atoms with Crippen LogP contribution in [0.1, 0.15) is 31.9 Å². The zero-order valence-electron chi connectivity index (χ0n) is 16.1. The van der Waals surface area contributed by atoms with Crippen LogP contribution < -0.4 is 9.62 Å². The number of aliphatic carboxylic acids is 1. The van der Waals surface area contributed by atoms with Crippen molar-refractivity contribution in [1.82, 2.24) is 0 Å². The van der Waals surface area contributed by atoms with E-state index >= 15 is 0 Å². The van der Waals surface area contributed by atoms with Crippen molar-refractivity contribution in [3.63, 3.8) is 0 Å². The van der Waals surface area contributed by atoms with Gasteiger partial charge in [-0.05, 0) is 41.3 Å². The number of benzene rings is 2. The molecule has 0 radical (unpaired) electrons. The fraction of sp³-hybridized carbons (Fsp3) is 0.286. The van der Waals surface area contributed by atoms with Gasteiger partial charge in [0.15, 0.2) is 0 Å². The Bertz CT molecular complexity index is 1020. The number of carboxylic acid groups (broad SMARTS) is 1. The van der Waals surface area contributed by atoms with Crippen molar-refractivity contribution < 1.29 is 18.3 Å². The standard InChI is InChI=1S/C21H24N2O4S/c1-21(2,3)16-6-9-18(10-7-16)28(26,27)23-12-4-5-15-13-17(8-11-19(15)23)22-14-20(24)25/h4-11,13,22H,12,14H2,1-3H3,(H,24,25). The number of hydrogen-bond donors (Lipinski definition) is 2. The number of nitrogens with zero attached hydrogens (tertiary/aromatic N) is 1. The molecule has 0 bridgehead atoms. The lowest BCUT2D eigenvalue weighted by atomic mass is 9.87. The van der Waals surface area contributed by atoms with Crippen molar-refractivity contribution >= 4 is 33.4 Å². The van der Waals surface area contributed by atoms with Gasteiger partial charge in [0.25, 0.3) is 10.0 Å². The maximum absolute atomic E-state index is 13.2. The fourth-order valence-corrected chi connectivity index (χ4v) is 4.50. The van der Waals surface area contributed by atoms with Crippen molar-refractivity contribution in [2.75, 3.05) is 22.7 Å². The van der Waals surface area contributed by atoms with E-state index in [4.69, 9.17) is 5.11 Å². The molecule has 0 aliphatic carbocycles. The minimum atomic E-state index is -3.71. The molecule has 148 valence electrons. The first kappa shape index (κ1) is 19.9. The lowest BCUT2D eigenvalue weighted by molar-refractivity contribution is -0.134. The molecular formula is C21H24N2O4S. The summed E-state index contributed by atoms with van der Waals surface area (Å²) in [4.78, 5) is 11.0. The third-order valence-corrected chi connectivity index (χ3v) is 6.41. The zero-order chi connectivity index (χ0) is 20.5. The van der Waals surface area contributed by atoms with E-state index in [2.05, 4.69) is 26.1 Å². The predicted octanol–water partition coefficient (Wildman–Crippen LogP) is 3.70. The summed E-state index contributed by atoms with van der Waals surface area (Å²) in [7, 11) is -3.71. The van der Waals surface area contributed by atoms with Gasteiger partial charge in [-0.2, -0.15) is 0 Å². The topological polar surface area (TPSA) is 86.7 Å². The molecule has 0 atom stereocenters. The van der Waals surface area contributed by atoms with Gasteiger partial charge in [0.1, 0.15) is 6.54 Å². The minimum Gasteiger partial charge on any atom is -0.480 e. The molecular weight excluding hydrogens is 376 g/mol. The van der Waals surface area contributed by atoms with Crippen molar-refractivity contribution in [3.8, 4) is 0 Å². The molecule has 0 spiro atoms. The molecule has 2 aromatic rings. The molecule has 0 fully saturated rings. The second kappa shape index (κ2) is 7.31. The summed E-state index contributed by atoms with van der Waals surface area (Å²) in [5.74, 6) is -0.962. The Kier molecular flexibility index (Phi) is 5.21. The highest BCUT2D eigenvalue weighted by Gasteiger charge is 2.28. The summed E-state index contributed by atoms with van der Waals surface area (Å²) in [5.41, 5.74) is 2.93. The lowest BCUT2D eigenvalue weighted by Gasteiger charge is -2.28. The molecule has 0 aromatic heterocycles. The Labute approximate surface area is 165 Å². The number of fused-ring (bicyclic) bond motifs is 1. The van der Waals surface area contributed by atoms with E-state index in [-0.39, 0.29) is 23.4 Å². The average Bonchev–Trinajstić information content (AvgIpc) is 2.65. The van der Waals surface area contributed by atoms with E-state index in [0.717, 1.165) is 11.1 Å². The summed E-state index contributed by atoms with van der Waals surface area (Å²) in [6, 6.07) is 12.1. The predicted molar refractivity (Wildman–Crippen MR) is 111 cm³/mol. The van der Waals surface area contributed by atoms with Gasteiger partial charge >= 0.3 is 5.97 Å². The molecule has 0 saturated carbocycles. The second-order valence-electron chi connectivity index (χ2n) is 7.73. The molecule has 28 heavy (non-hydrogen) atoms. The first-order chi connectivity index (χ1) is 13.1. The van der Waals surface area contributed by atoms with Gasteiger partial charge in [0, 0.05) is 11.3 Å². The van der Waals surface area contributed by atoms with Gasteiger partial charge in [0.2, 0.25) is 0 Å². The van der Waals surface area contributed by atoms with Crippen LogP contribution in [0.2, 0.25) is 0 Å². The third-order valence-electron chi connectivity index (χ3n) is 4.62. The van der Waals surface area contributed by atoms with E-state index in [9.17, 15) is 13.2 Å². The van der Waals surface area contributed by atoms with Gasteiger partial charge in [-0.15, -0.1) is 0 Å². The highest BCUT2D eigenvalue weighted by atomic mass is 32.2. The molecule has 2 N–H and O–H groups in total. The van der Waals surface area contributed by atoms with Gasteiger partial charge in [0.05, 0.1) is 17.1 Å². The number of carboxylic acids is 1. The van der Waals surface area contributed by atoms with E-state index in [1.807, 2.05) is 18.2 Å². The lowest BCUT2D eigenvalue weighted by Crippen LogP contribution is -2.33. The van der Waals surface area contributed by atoms with Crippen LogP contribution in [0, 0.1) is 0 Å². The Morgan fingerprint density at radius 2 is 1.82 bits per heavy atom. The average molecular weight is 401 g/mol. The molecule has 7 heteroatoms. The van der Waals surface area contributed by atoms with E-state index in [0.29, 0.717) is 11.4 Å². The second-order valence-corrected chi connectivity index (χ2v) is 9.60. The Hall–Kier alpha value is -2.80. The molecule has 6 nitrogen and oxygen atoms in total. The molecule has 1 aliphatic rings. The van der Waals surface area contributed by atoms with Crippen LogP contribution in [0.3, 0.4) is 0 Å². The van der Waals surface area contributed by atoms with Crippen LogP contribution in [-0.2, 0) is 20.2 Å². The molecule has 0 unspecified atom stereocenters. The smallest absolute Gasteiger partial charge is 0.322 e. The number of nitrogens with one attached hydrogen (secondary N) is 1. The van der Waals surface area contributed by atoms with Crippen LogP contribution in [0.4, 0.5) is 11.4 Å². The summed E-state index contributed by atoms with van der Waals surface area (Å²) in [6.07, 6.45) is 3.63. The highest BCUT2D eigenvalue weighted by molar-refractivity contribution is 7.92. The van der Waals surface area contributed by atoms with Gasteiger partial charge in [-0.3, -0.25) is 9.10 Å². The number of rotatable bonds is 5. The van der Waals surface area contributed by atoms with E-state index in [1.54, 1.807) is 36.4 Å². The van der Waals surface area contributed by atoms with E-state index < -0.39 is 16.0 Å². The molecule has 3 rings (SSSR count). The molecule has 2 aromatic carbocycles. The van der Waals surface area contributed by atoms with Crippen LogP contribution in [0.15, 0.2) is 53.4 Å². The fourth-order valence-electron chi connectivity index (χ4n) is 3.06. The number of carbonyl (C=O) groups is 1. The van der Waals surface area contributed by atoms with Crippen LogP contribution in [0.5, 0.6) is 0 Å². The van der Waals surface area contributed by atoms with Crippen molar-refractivity contribution in [3.05, 3.63) is 59.7 Å². The number of sulfonamides is 1. The summed E-state index contributed by atoms with van der Waals surface area (Å²) in [6.45, 7) is 6.29. The monoisotopic (exact) mass is 400 g/mol. The SMILES string of the molecule is CC(C)(C)c1ccc(S(=O)(=O)N2CC=Cc3cc(NCC(=O)O)ccc32)cc1. The van der Waals surface area contributed by atoms with Crippen molar-refractivity contribution in [2.45, 2.75) is 31.1 Å². The minimum absolute atomic E-state index is 0.0535. The van der Waals surface area contributed by atoms with Gasteiger partial charge in [-0.25, -0.2) is 8.42 Å². The molecule has 1 aliphatic heterocycles. The van der Waals surface area contributed by atoms with Gasteiger partial charge < -0.3 is 10.4 Å². The number of hydrogen-bond acceptors (Lipinski definition) is 4.